The lowest BCUT2D eigenvalue weighted by Gasteiger charge is -2.64. The summed E-state index contributed by atoms with van der Waals surface area (Å²) in [5.74, 6) is 0.876. The highest BCUT2D eigenvalue weighted by Crippen LogP contribution is 2.89. The Morgan fingerprint density at radius 3 is 2.05 bits per heavy atom. The van der Waals surface area contributed by atoms with Gasteiger partial charge >= 0.3 is 0 Å². The Morgan fingerprint density at radius 1 is 0.727 bits per heavy atom. The van der Waals surface area contributed by atoms with Crippen LogP contribution in [0.25, 0.3) is 0 Å². The lowest BCUT2D eigenvalue weighted by Crippen LogP contribution is -2.65. The molecule has 2 saturated heterocycles. The van der Waals surface area contributed by atoms with E-state index in [-0.39, 0.29) is 57.5 Å². The molecule has 0 radical (unpaired) electrons. The van der Waals surface area contributed by atoms with Crippen molar-refractivity contribution >= 4 is 0 Å². The fourth-order valence-corrected chi connectivity index (χ4v) is 14.4. The molecule has 5 saturated carbocycles. The molecule has 0 unspecified atom stereocenters. The molecular formula is C42H72O13. The van der Waals surface area contributed by atoms with Crippen LogP contribution >= 0.6 is 0 Å². The highest BCUT2D eigenvalue weighted by atomic mass is 16.8. The van der Waals surface area contributed by atoms with Crippen LogP contribution in [0.5, 0.6) is 0 Å². The van der Waals surface area contributed by atoms with Gasteiger partial charge in [-0.15, -0.1) is 0 Å². The van der Waals surface area contributed by atoms with Gasteiger partial charge in [0.2, 0.25) is 0 Å². The van der Waals surface area contributed by atoms with E-state index in [1.807, 2.05) is 13.8 Å². The minimum Gasteiger partial charge on any atom is -0.394 e. The Hall–Kier alpha value is -0.520. The van der Waals surface area contributed by atoms with Crippen molar-refractivity contribution in [1.82, 2.24) is 0 Å². The largest absolute Gasteiger partial charge is 0.394 e. The first-order chi connectivity index (χ1) is 25.6. The summed E-state index contributed by atoms with van der Waals surface area (Å²) in [6, 6.07) is 0. The highest BCUT2D eigenvalue weighted by molar-refractivity contribution is 5.32. The molecule has 13 nitrogen and oxygen atoms in total. The standard InChI is InChI=1S/C42H72O13/c1-19(2)22(44)10-9-20(3)29-23(45)15-39(7)26-12-11-25-38(5,6)28(13-14-41(25)18-42(26,41)16-27(46)40(29,39)8)54-37-35(33(50)31(48)24(17-43)53-37)55-36-34(51)32(49)30(47)21(4)52-36/h19-37,43-51H,9-18H2,1-8H3/t20-,21+,22+,23+,24-,25+,26+,27+,28+,29+,30+,31-,32-,33+,34-,35-,36+,37+,39+,40-,41-,42+/m1/s1. The van der Waals surface area contributed by atoms with Gasteiger partial charge in [0.15, 0.2) is 12.6 Å². The van der Waals surface area contributed by atoms with Gasteiger partial charge in [0.1, 0.15) is 42.7 Å². The van der Waals surface area contributed by atoms with Crippen LogP contribution in [0.3, 0.4) is 0 Å². The molecule has 0 aromatic heterocycles. The summed E-state index contributed by atoms with van der Waals surface area (Å²) in [5, 5.41) is 98.4. The van der Waals surface area contributed by atoms with E-state index in [1.54, 1.807) is 0 Å². The summed E-state index contributed by atoms with van der Waals surface area (Å²) in [6.07, 6.45) is -8.26. The summed E-state index contributed by atoms with van der Waals surface area (Å²) in [4.78, 5) is 0. The number of aliphatic hydroxyl groups excluding tert-OH is 9. The third kappa shape index (κ3) is 6.18. The zero-order valence-electron chi connectivity index (χ0n) is 34.2. The Bertz CT molecular complexity index is 1380. The number of ether oxygens (including phenoxy) is 4. The van der Waals surface area contributed by atoms with Crippen molar-refractivity contribution in [3.63, 3.8) is 0 Å². The summed E-state index contributed by atoms with van der Waals surface area (Å²) < 4.78 is 24.5. The predicted octanol–water partition coefficient (Wildman–Crippen LogP) is 1.84. The summed E-state index contributed by atoms with van der Waals surface area (Å²) in [5.41, 5.74) is -1.15. The molecule has 0 amide bonds. The van der Waals surface area contributed by atoms with E-state index >= 15 is 0 Å². The molecule has 7 aliphatic rings. The first-order valence-electron chi connectivity index (χ1n) is 21.3. The van der Waals surface area contributed by atoms with Crippen molar-refractivity contribution in [2.75, 3.05) is 6.61 Å². The maximum atomic E-state index is 12.4. The van der Waals surface area contributed by atoms with E-state index in [1.165, 1.54) is 6.92 Å². The average Bonchev–Trinajstić information content (AvgIpc) is 3.72. The summed E-state index contributed by atoms with van der Waals surface area (Å²) >= 11 is 0. The zero-order valence-corrected chi connectivity index (χ0v) is 34.2. The van der Waals surface area contributed by atoms with Crippen molar-refractivity contribution in [3.05, 3.63) is 0 Å². The molecule has 0 bridgehead atoms. The molecular weight excluding hydrogens is 712 g/mol. The molecule has 7 fully saturated rings. The van der Waals surface area contributed by atoms with Crippen molar-refractivity contribution in [2.45, 2.75) is 199 Å². The molecule has 5 aliphatic carbocycles. The van der Waals surface area contributed by atoms with Gasteiger partial charge in [-0.1, -0.05) is 48.5 Å². The fourth-order valence-electron chi connectivity index (χ4n) is 14.4. The number of aliphatic hydroxyl groups is 9. The molecule has 13 heteroatoms. The van der Waals surface area contributed by atoms with E-state index in [2.05, 4.69) is 34.6 Å². The Kier molecular flexibility index (Phi) is 11.3. The Balaban J connectivity index is 1.10. The molecule has 2 heterocycles. The minimum absolute atomic E-state index is 0.000447. The van der Waals surface area contributed by atoms with Crippen LogP contribution in [0.2, 0.25) is 0 Å². The van der Waals surface area contributed by atoms with Crippen LogP contribution in [0.4, 0.5) is 0 Å². The lowest BCUT2D eigenvalue weighted by molar-refractivity contribution is -0.375. The second-order valence-corrected chi connectivity index (χ2v) is 20.7. The van der Waals surface area contributed by atoms with Gasteiger partial charge in [-0.05, 0) is 116 Å². The summed E-state index contributed by atoms with van der Waals surface area (Å²) in [7, 11) is 0. The molecule has 2 spiro atoms. The molecule has 0 aromatic rings. The third-order valence-electron chi connectivity index (χ3n) is 17.7. The van der Waals surface area contributed by atoms with Crippen LogP contribution in [0.15, 0.2) is 0 Å². The van der Waals surface area contributed by atoms with Crippen LogP contribution in [-0.2, 0) is 18.9 Å². The second kappa shape index (κ2) is 14.6. The summed E-state index contributed by atoms with van der Waals surface area (Å²) in [6.45, 7) is 16.2. The van der Waals surface area contributed by atoms with Crippen molar-refractivity contribution < 1.29 is 64.9 Å². The van der Waals surface area contributed by atoms with Gasteiger partial charge < -0.3 is 64.9 Å². The van der Waals surface area contributed by atoms with Gasteiger partial charge in [0.25, 0.3) is 0 Å². The Labute approximate surface area is 326 Å². The quantitative estimate of drug-likeness (QED) is 0.145. The van der Waals surface area contributed by atoms with E-state index in [0.717, 1.165) is 32.1 Å². The van der Waals surface area contributed by atoms with Gasteiger partial charge in [0, 0.05) is 5.41 Å². The van der Waals surface area contributed by atoms with Crippen LogP contribution in [0.1, 0.15) is 113 Å². The molecule has 22 atom stereocenters. The van der Waals surface area contributed by atoms with Crippen LogP contribution < -0.4 is 0 Å². The first-order valence-corrected chi connectivity index (χ1v) is 21.3. The SMILES string of the molecule is CC(C)[C@@H](O)CC[C@@H](C)[C@H]1[C@@H](O)C[C@@]2(C)[C@@H]3CC[C@H]4C(C)(C)[C@@H](O[C@@H]5O[C@H](CO)[C@@H](O)[C@H](O)[C@H]5O[C@@H]5O[C@@H](C)[C@H](O)[C@@H](O)[C@H]5O)CC[C@@]45C[C@@]35C[C@H](O)[C@]12C. The van der Waals surface area contributed by atoms with Gasteiger partial charge in [-0.2, -0.15) is 0 Å². The normalized spacial score (nSPS) is 55.5. The molecule has 55 heavy (non-hydrogen) atoms. The van der Waals surface area contributed by atoms with E-state index in [9.17, 15) is 46.0 Å². The maximum absolute atomic E-state index is 12.4. The van der Waals surface area contributed by atoms with Crippen LogP contribution in [-0.4, -0.2) is 138 Å². The zero-order chi connectivity index (χ0) is 40.4. The third-order valence-corrected chi connectivity index (χ3v) is 17.7. The molecule has 0 aromatic carbocycles. The van der Waals surface area contributed by atoms with Gasteiger partial charge in [-0.3, -0.25) is 0 Å². The van der Waals surface area contributed by atoms with E-state index < -0.39 is 85.6 Å². The van der Waals surface area contributed by atoms with E-state index in [4.69, 9.17) is 18.9 Å². The number of hydrogen-bond acceptors (Lipinski definition) is 13. The monoisotopic (exact) mass is 784 g/mol. The maximum Gasteiger partial charge on any atom is 0.187 e. The molecule has 318 valence electrons. The van der Waals surface area contributed by atoms with E-state index in [0.29, 0.717) is 31.6 Å². The van der Waals surface area contributed by atoms with Gasteiger partial charge in [0.05, 0.1) is 37.1 Å². The topological polar surface area (TPSA) is 219 Å². The molecule has 7 rings (SSSR count). The van der Waals surface area contributed by atoms with Crippen molar-refractivity contribution in [2.24, 2.45) is 56.7 Å². The van der Waals surface area contributed by atoms with Crippen molar-refractivity contribution in [1.29, 1.82) is 0 Å². The predicted molar refractivity (Wildman–Crippen MR) is 199 cm³/mol. The van der Waals surface area contributed by atoms with Crippen molar-refractivity contribution in [3.8, 4) is 0 Å². The number of hydrogen-bond donors (Lipinski definition) is 9. The fraction of sp³-hybridized carbons (Fsp3) is 1.00. The average molecular weight is 785 g/mol. The molecule has 9 N–H and O–H groups in total. The first kappa shape index (κ1) is 42.6. The van der Waals surface area contributed by atoms with Gasteiger partial charge in [-0.25, -0.2) is 0 Å². The van der Waals surface area contributed by atoms with Crippen LogP contribution in [0, 0.1) is 56.7 Å². The Morgan fingerprint density at radius 2 is 1.40 bits per heavy atom. The number of rotatable bonds is 10. The lowest BCUT2D eigenvalue weighted by atomic mass is 9.41. The molecule has 2 aliphatic heterocycles. The second-order valence-electron chi connectivity index (χ2n) is 20.7. The highest BCUT2D eigenvalue weighted by Gasteiger charge is 2.84. The number of fused-ring (bicyclic) bond motifs is 2. The minimum atomic E-state index is -1.65. The smallest absolute Gasteiger partial charge is 0.187 e.